The highest BCUT2D eigenvalue weighted by molar-refractivity contribution is 14.0. The molecule has 2 saturated carbocycles. The van der Waals surface area contributed by atoms with E-state index in [9.17, 15) is 4.79 Å². The van der Waals surface area contributed by atoms with Crippen LogP contribution in [0.15, 0.2) is 29.3 Å². The third-order valence-corrected chi connectivity index (χ3v) is 5.76. The average Bonchev–Trinajstić information content (AvgIpc) is 3.46. The first-order valence-corrected chi connectivity index (χ1v) is 9.99. The summed E-state index contributed by atoms with van der Waals surface area (Å²) in [5, 5.41) is 9.67. The number of benzene rings is 1. The van der Waals surface area contributed by atoms with Crippen molar-refractivity contribution in [1.29, 1.82) is 0 Å². The van der Waals surface area contributed by atoms with Crippen LogP contribution in [0.25, 0.3) is 0 Å². The van der Waals surface area contributed by atoms with E-state index < -0.39 is 0 Å². The zero-order chi connectivity index (χ0) is 18.4. The fourth-order valence-corrected chi connectivity index (χ4v) is 4.17. The van der Waals surface area contributed by atoms with E-state index in [4.69, 9.17) is 0 Å². The lowest BCUT2D eigenvalue weighted by Gasteiger charge is -2.22. The van der Waals surface area contributed by atoms with Gasteiger partial charge in [0.05, 0.1) is 0 Å². The molecule has 2 aliphatic rings. The number of nitrogens with one attached hydrogen (secondary N) is 3. The van der Waals surface area contributed by atoms with Crippen LogP contribution in [0.3, 0.4) is 0 Å². The van der Waals surface area contributed by atoms with E-state index in [0.29, 0.717) is 11.6 Å². The summed E-state index contributed by atoms with van der Waals surface area (Å²) in [6.45, 7) is 0.803. The van der Waals surface area contributed by atoms with Crippen molar-refractivity contribution in [3.05, 3.63) is 35.4 Å². The molecule has 1 aromatic rings. The monoisotopic (exact) mass is 484 g/mol. The molecule has 0 bridgehead atoms. The molecule has 3 N–H and O–H groups in total. The molecule has 0 radical (unpaired) electrons. The number of hydrogen-bond acceptors (Lipinski definition) is 2. The van der Waals surface area contributed by atoms with Gasteiger partial charge in [0.15, 0.2) is 5.96 Å². The molecule has 27 heavy (non-hydrogen) atoms. The highest BCUT2D eigenvalue weighted by Crippen LogP contribution is 2.44. The lowest BCUT2D eigenvalue weighted by Crippen LogP contribution is -2.40. The maximum atomic E-state index is 11.7. The van der Waals surface area contributed by atoms with E-state index in [1.807, 2.05) is 25.2 Å². The number of amides is 1. The van der Waals surface area contributed by atoms with Crippen LogP contribution in [-0.4, -0.2) is 38.5 Å². The maximum absolute atomic E-state index is 11.7. The molecule has 1 amide bonds. The van der Waals surface area contributed by atoms with Crippen LogP contribution < -0.4 is 16.0 Å². The summed E-state index contributed by atoms with van der Waals surface area (Å²) in [6.07, 6.45) is 9.23. The largest absolute Gasteiger partial charge is 0.356 e. The first kappa shape index (κ1) is 22.0. The van der Waals surface area contributed by atoms with E-state index in [2.05, 4.69) is 27.0 Å². The minimum atomic E-state index is -0.0419. The van der Waals surface area contributed by atoms with Crippen LogP contribution in [0.2, 0.25) is 0 Å². The maximum Gasteiger partial charge on any atom is 0.251 e. The van der Waals surface area contributed by atoms with Crippen LogP contribution in [-0.2, 0) is 6.42 Å². The summed E-state index contributed by atoms with van der Waals surface area (Å²) in [6, 6.07) is 8.39. The van der Waals surface area contributed by atoms with E-state index in [0.717, 1.165) is 36.3 Å². The van der Waals surface area contributed by atoms with Crippen molar-refractivity contribution < 1.29 is 4.79 Å². The lowest BCUT2D eigenvalue weighted by atomic mass is 9.85. The molecule has 5 nitrogen and oxygen atoms in total. The molecule has 2 atom stereocenters. The van der Waals surface area contributed by atoms with Gasteiger partial charge in [0.1, 0.15) is 0 Å². The first-order valence-electron chi connectivity index (χ1n) is 9.99. The number of rotatable bonds is 6. The summed E-state index contributed by atoms with van der Waals surface area (Å²) in [7, 11) is 3.49. The SMILES string of the molecule is CN=C(NCCc1cccc(C(=O)NC)c1)NC1CC1C1CCCCC1.I. The molecule has 2 aliphatic carbocycles. The smallest absolute Gasteiger partial charge is 0.251 e. The minimum Gasteiger partial charge on any atom is -0.356 e. The Labute approximate surface area is 180 Å². The molecular weight excluding hydrogens is 451 g/mol. The normalized spacial score (nSPS) is 22.5. The molecule has 0 saturated heterocycles. The zero-order valence-electron chi connectivity index (χ0n) is 16.5. The van der Waals surface area contributed by atoms with E-state index in [1.54, 1.807) is 7.05 Å². The Balaban J connectivity index is 0.00000261. The van der Waals surface area contributed by atoms with Gasteiger partial charge in [-0.3, -0.25) is 9.79 Å². The molecule has 0 heterocycles. The van der Waals surface area contributed by atoms with Gasteiger partial charge in [-0.05, 0) is 42.4 Å². The minimum absolute atomic E-state index is 0. The topological polar surface area (TPSA) is 65.5 Å². The van der Waals surface area contributed by atoms with E-state index >= 15 is 0 Å². The number of halogens is 1. The van der Waals surface area contributed by atoms with Gasteiger partial charge in [-0.2, -0.15) is 0 Å². The van der Waals surface area contributed by atoms with Crippen molar-refractivity contribution in [2.45, 2.75) is 51.0 Å². The predicted molar refractivity (Wildman–Crippen MR) is 122 cm³/mol. The van der Waals surface area contributed by atoms with Crippen molar-refractivity contribution >= 4 is 35.8 Å². The number of aliphatic imine (C=N–C) groups is 1. The van der Waals surface area contributed by atoms with Gasteiger partial charge in [-0.25, -0.2) is 0 Å². The molecule has 0 spiro atoms. The fraction of sp³-hybridized carbons (Fsp3) is 0.619. The molecule has 2 unspecified atom stereocenters. The molecule has 0 aromatic heterocycles. The van der Waals surface area contributed by atoms with Crippen molar-refractivity contribution in [2.75, 3.05) is 20.6 Å². The van der Waals surface area contributed by atoms with Crippen molar-refractivity contribution in [3.8, 4) is 0 Å². The highest BCUT2D eigenvalue weighted by atomic mass is 127. The predicted octanol–water partition coefficient (Wildman–Crippen LogP) is 3.34. The zero-order valence-corrected chi connectivity index (χ0v) is 18.8. The average molecular weight is 484 g/mol. The molecule has 150 valence electrons. The Bertz CT molecular complexity index is 643. The van der Waals surface area contributed by atoms with Gasteiger partial charge in [0.25, 0.3) is 5.91 Å². The molecule has 2 fully saturated rings. The van der Waals surface area contributed by atoms with Gasteiger partial charge in [-0.15, -0.1) is 24.0 Å². The third-order valence-electron chi connectivity index (χ3n) is 5.76. The summed E-state index contributed by atoms with van der Waals surface area (Å²) < 4.78 is 0. The van der Waals surface area contributed by atoms with Crippen molar-refractivity contribution in [2.24, 2.45) is 16.8 Å². The Morgan fingerprint density at radius 3 is 2.70 bits per heavy atom. The van der Waals surface area contributed by atoms with Crippen LogP contribution in [0.1, 0.15) is 54.4 Å². The summed E-state index contributed by atoms with van der Waals surface area (Å²) >= 11 is 0. The summed E-state index contributed by atoms with van der Waals surface area (Å²) in [5.74, 6) is 2.63. The van der Waals surface area contributed by atoms with Gasteiger partial charge >= 0.3 is 0 Å². The Morgan fingerprint density at radius 1 is 1.22 bits per heavy atom. The number of guanidine groups is 1. The van der Waals surface area contributed by atoms with Gasteiger partial charge in [0.2, 0.25) is 0 Å². The number of carbonyl (C=O) groups is 1. The van der Waals surface area contributed by atoms with Gasteiger partial charge in [0, 0.05) is 32.2 Å². The molecular formula is C21H33IN4O. The molecule has 3 rings (SSSR count). The van der Waals surface area contributed by atoms with Crippen molar-refractivity contribution in [1.82, 2.24) is 16.0 Å². The second-order valence-electron chi connectivity index (χ2n) is 7.58. The van der Waals surface area contributed by atoms with Crippen molar-refractivity contribution in [3.63, 3.8) is 0 Å². The quantitative estimate of drug-likeness (QED) is 0.330. The first-order chi connectivity index (χ1) is 12.7. The summed E-state index contributed by atoms with van der Waals surface area (Å²) in [4.78, 5) is 16.1. The van der Waals surface area contributed by atoms with Crippen LogP contribution in [0.4, 0.5) is 0 Å². The van der Waals surface area contributed by atoms with E-state index in [-0.39, 0.29) is 29.9 Å². The molecule has 6 heteroatoms. The van der Waals surface area contributed by atoms with Gasteiger partial charge < -0.3 is 16.0 Å². The number of nitrogens with zero attached hydrogens (tertiary/aromatic N) is 1. The lowest BCUT2D eigenvalue weighted by molar-refractivity contribution is 0.0963. The summed E-state index contributed by atoms with van der Waals surface area (Å²) in [5.41, 5.74) is 1.86. The Hall–Kier alpha value is -1.31. The fourth-order valence-electron chi connectivity index (χ4n) is 4.17. The third kappa shape index (κ3) is 6.36. The van der Waals surface area contributed by atoms with Crippen LogP contribution in [0, 0.1) is 11.8 Å². The van der Waals surface area contributed by atoms with Gasteiger partial charge in [-0.1, -0.05) is 44.2 Å². The van der Waals surface area contributed by atoms with Crippen LogP contribution in [0.5, 0.6) is 0 Å². The number of carbonyl (C=O) groups excluding carboxylic acids is 1. The van der Waals surface area contributed by atoms with Crippen LogP contribution >= 0.6 is 24.0 Å². The number of hydrogen-bond donors (Lipinski definition) is 3. The second-order valence-corrected chi connectivity index (χ2v) is 7.58. The van der Waals surface area contributed by atoms with E-state index in [1.165, 1.54) is 38.5 Å². The molecule has 1 aromatic carbocycles. The second kappa shape index (κ2) is 10.9. The Morgan fingerprint density at radius 2 is 2.00 bits per heavy atom. The highest BCUT2D eigenvalue weighted by Gasteiger charge is 2.43. The standard InChI is InChI=1S/C21H32N4O.HI/c1-22-20(26)17-10-6-7-15(13-17)11-12-24-21(23-2)25-19-14-18(19)16-8-4-3-5-9-16;/h6-7,10,13,16,18-19H,3-5,8-9,11-12,14H2,1-2H3,(H,22,26)(H2,23,24,25);1H. The molecule has 0 aliphatic heterocycles. The Kier molecular flexibility index (Phi) is 8.86.